The van der Waals surface area contributed by atoms with Crippen molar-refractivity contribution >= 4 is 11.9 Å². The molecule has 0 atom stereocenters. The SMILES string of the molecule is NNC(F)(F)CF.O=C(O)C(=O)O. The van der Waals surface area contributed by atoms with Crippen molar-refractivity contribution in [1.82, 2.24) is 5.43 Å². The van der Waals surface area contributed by atoms with Crippen molar-refractivity contribution in [3.05, 3.63) is 0 Å². The van der Waals surface area contributed by atoms with E-state index in [1.807, 2.05) is 0 Å². The quantitative estimate of drug-likeness (QED) is 0.202. The summed E-state index contributed by atoms with van der Waals surface area (Å²) in [6.07, 6.45) is 0. The molecule has 0 rings (SSSR count). The van der Waals surface area contributed by atoms with Gasteiger partial charge in [0.1, 0.15) is 0 Å². The van der Waals surface area contributed by atoms with Crippen LogP contribution in [0.4, 0.5) is 13.2 Å². The molecule has 0 saturated carbocycles. The number of hydrogen-bond donors (Lipinski definition) is 4. The average molecular weight is 204 g/mol. The highest BCUT2D eigenvalue weighted by Crippen LogP contribution is 2.05. The minimum Gasteiger partial charge on any atom is -0.473 e. The maximum Gasteiger partial charge on any atom is 0.414 e. The minimum atomic E-state index is -3.56. The van der Waals surface area contributed by atoms with Gasteiger partial charge in [-0.1, -0.05) is 0 Å². The van der Waals surface area contributed by atoms with Gasteiger partial charge >= 0.3 is 18.0 Å². The van der Waals surface area contributed by atoms with E-state index >= 15 is 0 Å². The van der Waals surface area contributed by atoms with E-state index in [4.69, 9.17) is 19.8 Å². The van der Waals surface area contributed by atoms with Gasteiger partial charge in [0.2, 0.25) is 0 Å². The Labute approximate surface area is 70.1 Å². The third kappa shape index (κ3) is 10.7. The Kier molecular flexibility index (Phi) is 6.76. The number of carboxylic acid groups (broad SMARTS) is 2. The fraction of sp³-hybridized carbons (Fsp3) is 0.500. The molecular weight excluding hydrogens is 197 g/mol. The molecule has 0 amide bonds. The molecule has 0 aromatic carbocycles. The zero-order valence-corrected chi connectivity index (χ0v) is 6.13. The minimum absolute atomic E-state index is 0.983. The van der Waals surface area contributed by atoms with Crippen LogP contribution in [0.2, 0.25) is 0 Å². The van der Waals surface area contributed by atoms with Crippen molar-refractivity contribution in [2.75, 3.05) is 6.67 Å². The van der Waals surface area contributed by atoms with Crippen molar-refractivity contribution in [2.45, 2.75) is 6.05 Å². The lowest BCUT2D eigenvalue weighted by molar-refractivity contribution is -0.159. The highest BCUT2D eigenvalue weighted by molar-refractivity contribution is 6.27. The van der Waals surface area contributed by atoms with Gasteiger partial charge < -0.3 is 10.2 Å². The van der Waals surface area contributed by atoms with Crippen LogP contribution in [-0.2, 0) is 9.59 Å². The molecule has 9 heteroatoms. The normalized spacial score (nSPS) is 9.85. The third-order valence-electron chi connectivity index (χ3n) is 0.562. The summed E-state index contributed by atoms with van der Waals surface area (Å²) in [6.45, 7) is -1.77. The summed E-state index contributed by atoms with van der Waals surface area (Å²) in [5.74, 6) is 0.529. The predicted molar refractivity (Wildman–Crippen MR) is 33.5 cm³/mol. The Bertz CT molecular complexity index is 168. The number of carboxylic acids is 2. The molecule has 0 unspecified atom stereocenters. The fourth-order valence-corrected chi connectivity index (χ4v) is 0.0386. The van der Waals surface area contributed by atoms with E-state index < -0.39 is 24.7 Å². The summed E-state index contributed by atoms with van der Waals surface area (Å²) in [5, 5.41) is 14.8. The first-order valence-electron chi connectivity index (χ1n) is 2.64. The van der Waals surface area contributed by atoms with Crippen LogP contribution < -0.4 is 11.3 Å². The second kappa shape index (κ2) is 6.20. The van der Waals surface area contributed by atoms with Gasteiger partial charge in [-0.15, -0.1) is 0 Å². The van der Waals surface area contributed by atoms with Crippen molar-refractivity contribution < 1.29 is 33.0 Å². The summed E-state index contributed by atoms with van der Waals surface area (Å²) in [7, 11) is 0. The lowest BCUT2D eigenvalue weighted by atomic mass is 10.6. The number of carbonyl (C=O) groups is 2. The molecule has 78 valence electrons. The summed E-state index contributed by atoms with van der Waals surface area (Å²) in [5.41, 5.74) is 0.983. The van der Waals surface area contributed by atoms with Gasteiger partial charge in [0.15, 0.2) is 6.67 Å². The number of rotatable bonds is 2. The summed E-state index contributed by atoms with van der Waals surface area (Å²) in [6, 6.07) is -3.56. The molecule has 0 bridgehead atoms. The molecular formula is C4H7F3N2O4. The van der Waals surface area contributed by atoms with Gasteiger partial charge in [-0.05, 0) is 0 Å². The van der Waals surface area contributed by atoms with Gasteiger partial charge in [0.05, 0.1) is 0 Å². The van der Waals surface area contributed by atoms with Crippen molar-refractivity contribution in [2.24, 2.45) is 5.84 Å². The topological polar surface area (TPSA) is 113 Å². The predicted octanol–water partition coefficient (Wildman–Crippen LogP) is -0.832. The molecule has 0 aromatic rings. The fourth-order valence-electron chi connectivity index (χ4n) is 0.0386. The first-order chi connectivity index (χ1) is 5.76. The Morgan fingerprint density at radius 2 is 1.62 bits per heavy atom. The molecule has 0 heterocycles. The van der Waals surface area contributed by atoms with E-state index in [1.54, 1.807) is 0 Å². The molecule has 5 N–H and O–H groups in total. The highest BCUT2D eigenvalue weighted by Gasteiger charge is 2.25. The number of alkyl halides is 3. The molecule has 0 aliphatic heterocycles. The van der Waals surface area contributed by atoms with Crippen LogP contribution in [0.1, 0.15) is 0 Å². The number of nitrogens with one attached hydrogen (secondary N) is 1. The largest absolute Gasteiger partial charge is 0.473 e. The second-order valence-electron chi connectivity index (χ2n) is 1.59. The first-order valence-corrected chi connectivity index (χ1v) is 2.64. The van der Waals surface area contributed by atoms with Crippen molar-refractivity contribution in [3.63, 3.8) is 0 Å². The van der Waals surface area contributed by atoms with Crippen LogP contribution in [0.15, 0.2) is 0 Å². The maximum atomic E-state index is 11.3. The molecule has 0 aliphatic rings. The van der Waals surface area contributed by atoms with E-state index in [9.17, 15) is 13.2 Å². The molecule has 13 heavy (non-hydrogen) atoms. The van der Waals surface area contributed by atoms with E-state index in [0.29, 0.717) is 0 Å². The second-order valence-corrected chi connectivity index (χ2v) is 1.59. The maximum absolute atomic E-state index is 11.3. The van der Waals surface area contributed by atoms with E-state index in [-0.39, 0.29) is 0 Å². The molecule has 0 aliphatic carbocycles. The van der Waals surface area contributed by atoms with Crippen LogP contribution in [0.25, 0.3) is 0 Å². The smallest absolute Gasteiger partial charge is 0.414 e. The Morgan fingerprint density at radius 3 is 1.62 bits per heavy atom. The first kappa shape index (κ1) is 14.2. The van der Waals surface area contributed by atoms with Gasteiger partial charge in [0, 0.05) is 0 Å². The zero-order valence-electron chi connectivity index (χ0n) is 6.13. The van der Waals surface area contributed by atoms with E-state index in [0.717, 1.165) is 5.43 Å². The van der Waals surface area contributed by atoms with Crippen LogP contribution in [0, 0.1) is 0 Å². The summed E-state index contributed by atoms with van der Waals surface area (Å²) < 4.78 is 33.4. The Hall–Kier alpha value is -1.35. The van der Waals surface area contributed by atoms with Crippen LogP contribution in [-0.4, -0.2) is 34.9 Å². The molecule has 0 aromatic heterocycles. The Balaban J connectivity index is 0. The molecule has 0 saturated heterocycles. The average Bonchev–Trinajstić information content (AvgIpc) is 2.05. The number of aliphatic carboxylic acids is 2. The monoisotopic (exact) mass is 204 g/mol. The van der Waals surface area contributed by atoms with Gasteiger partial charge in [0.25, 0.3) is 0 Å². The summed E-state index contributed by atoms with van der Waals surface area (Å²) in [4.78, 5) is 18.2. The molecule has 0 spiro atoms. The molecule has 6 nitrogen and oxygen atoms in total. The van der Waals surface area contributed by atoms with Crippen molar-refractivity contribution in [1.29, 1.82) is 0 Å². The van der Waals surface area contributed by atoms with Crippen LogP contribution in [0.3, 0.4) is 0 Å². The summed E-state index contributed by atoms with van der Waals surface area (Å²) >= 11 is 0. The lowest BCUT2D eigenvalue weighted by Gasteiger charge is -2.07. The van der Waals surface area contributed by atoms with E-state index in [1.165, 1.54) is 0 Å². The number of halogens is 3. The highest BCUT2D eigenvalue weighted by atomic mass is 19.3. The van der Waals surface area contributed by atoms with Crippen LogP contribution in [0.5, 0.6) is 0 Å². The number of hydrazine groups is 1. The van der Waals surface area contributed by atoms with Gasteiger partial charge in [-0.25, -0.2) is 14.0 Å². The lowest BCUT2D eigenvalue weighted by Crippen LogP contribution is -2.43. The standard InChI is InChI=1S/C2H5F3N2.C2H2O4/c3-1-2(4,5)7-6;3-1(4)2(5)6/h7H,1,6H2;(H,3,4)(H,5,6). The van der Waals surface area contributed by atoms with Crippen LogP contribution >= 0.6 is 0 Å². The zero-order chi connectivity index (χ0) is 11.1. The van der Waals surface area contributed by atoms with Crippen molar-refractivity contribution in [3.8, 4) is 0 Å². The molecule has 0 fully saturated rings. The van der Waals surface area contributed by atoms with Gasteiger partial charge in [-0.3, -0.25) is 5.84 Å². The van der Waals surface area contributed by atoms with E-state index in [2.05, 4.69) is 5.84 Å². The van der Waals surface area contributed by atoms with Gasteiger partial charge in [-0.2, -0.15) is 14.2 Å². The number of nitrogens with two attached hydrogens (primary N) is 1. The third-order valence-corrected chi connectivity index (χ3v) is 0.562. The molecule has 0 radical (unpaired) electrons. The number of hydrogen-bond acceptors (Lipinski definition) is 4. The Morgan fingerprint density at radius 1 is 1.31 bits per heavy atom.